The van der Waals surface area contributed by atoms with Gasteiger partial charge in [0.1, 0.15) is 29.9 Å². The van der Waals surface area contributed by atoms with Crippen molar-refractivity contribution in [2.24, 2.45) is 5.73 Å². The minimum absolute atomic E-state index is 0.0511. The van der Waals surface area contributed by atoms with Gasteiger partial charge in [0.15, 0.2) is 0 Å². The number of fused-ring (bicyclic) bond motifs is 1. The van der Waals surface area contributed by atoms with Crippen molar-refractivity contribution in [3.8, 4) is 11.8 Å². The van der Waals surface area contributed by atoms with Crippen LogP contribution in [-0.4, -0.2) is 24.4 Å². The van der Waals surface area contributed by atoms with Crippen LogP contribution in [0.3, 0.4) is 0 Å². The van der Waals surface area contributed by atoms with Crippen molar-refractivity contribution in [1.82, 2.24) is 4.57 Å². The zero-order valence-electron chi connectivity index (χ0n) is 10.7. The Kier molecular flexibility index (Phi) is 3.75. The first-order valence-corrected chi connectivity index (χ1v) is 5.76. The molecule has 1 amide bonds. The smallest absolute Gasteiger partial charge is 0.404 e. The highest BCUT2D eigenvalue weighted by Crippen LogP contribution is 2.30. The number of hydrogen-bond acceptors (Lipinski definition) is 4. The van der Waals surface area contributed by atoms with Crippen molar-refractivity contribution in [2.75, 3.05) is 13.7 Å². The molecule has 7 heteroatoms. The number of halogens is 1. The normalized spacial score (nSPS) is 10.2. The predicted molar refractivity (Wildman–Crippen MR) is 68.7 cm³/mol. The van der Waals surface area contributed by atoms with Crippen molar-refractivity contribution in [3.05, 3.63) is 29.7 Å². The number of aromatic nitrogens is 1. The number of carbonyl (C=O) groups is 1. The molecule has 2 N–H and O–H groups in total. The molecule has 0 aliphatic heterocycles. The van der Waals surface area contributed by atoms with E-state index >= 15 is 0 Å². The number of nitrogens with two attached hydrogens (primary N) is 1. The van der Waals surface area contributed by atoms with Crippen LogP contribution in [0.25, 0.3) is 10.9 Å². The van der Waals surface area contributed by atoms with Crippen molar-refractivity contribution in [2.45, 2.75) is 6.54 Å². The van der Waals surface area contributed by atoms with Crippen molar-refractivity contribution in [3.63, 3.8) is 0 Å². The maximum Gasteiger partial charge on any atom is 0.404 e. The highest BCUT2D eigenvalue weighted by molar-refractivity contribution is 5.88. The lowest BCUT2D eigenvalue weighted by Crippen LogP contribution is -2.17. The van der Waals surface area contributed by atoms with Gasteiger partial charge in [-0.2, -0.15) is 5.26 Å². The zero-order chi connectivity index (χ0) is 14.7. The van der Waals surface area contributed by atoms with Gasteiger partial charge < -0.3 is 19.8 Å². The van der Waals surface area contributed by atoms with Gasteiger partial charge in [0, 0.05) is 5.39 Å². The molecule has 0 saturated heterocycles. The number of rotatable bonds is 4. The summed E-state index contributed by atoms with van der Waals surface area (Å²) in [5, 5.41) is 9.60. The summed E-state index contributed by atoms with van der Waals surface area (Å²) in [5.41, 5.74) is 5.34. The summed E-state index contributed by atoms with van der Waals surface area (Å²) in [6.07, 6.45) is -0.918. The van der Waals surface area contributed by atoms with Crippen LogP contribution in [-0.2, 0) is 11.3 Å². The van der Waals surface area contributed by atoms with E-state index in [1.807, 2.05) is 6.07 Å². The Hall–Kier alpha value is -2.75. The summed E-state index contributed by atoms with van der Waals surface area (Å²) in [7, 11) is 1.46. The third kappa shape index (κ3) is 2.36. The molecule has 1 aromatic carbocycles. The number of nitrogens with zero attached hydrogens (tertiary/aromatic N) is 2. The zero-order valence-corrected chi connectivity index (χ0v) is 10.7. The van der Waals surface area contributed by atoms with Gasteiger partial charge in [-0.05, 0) is 18.2 Å². The van der Waals surface area contributed by atoms with Crippen molar-refractivity contribution in [1.29, 1.82) is 5.26 Å². The fraction of sp³-hybridized carbons (Fsp3) is 0.231. The number of benzene rings is 1. The van der Waals surface area contributed by atoms with Crippen LogP contribution in [0.2, 0.25) is 0 Å². The molecule has 2 rings (SSSR count). The fourth-order valence-corrected chi connectivity index (χ4v) is 2.05. The van der Waals surface area contributed by atoms with Crippen LogP contribution < -0.4 is 10.5 Å². The fourth-order valence-electron chi connectivity index (χ4n) is 2.05. The summed E-state index contributed by atoms with van der Waals surface area (Å²) in [5.74, 6) is -0.0196. The van der Waals surface area contributed by atoms with Gasteiger partial charge in [0.25, 0.3) is 0 Å². The summed E-state index contributed by atoms with van der Waals surface area (Å²) in [4.78, 5) is 10.5. The van der Waals surface area contributed by atoms with E-state index < -0.39 is 11.9 Å². The Bertz CT molecular complexity index is 703. The standard InChI is InChI=1S/C13H12FN3O3/c1-19-11-3-2-10(14)12-9(11)6-8(7-15)17(12)4-5-20-13(16)18/h2-3,6H,4-5H2,1H3,(H2,16,18). The first-order chi connectivity index (χ1) is 9.58. The van der Waals surface area contributed by atoms with E-state index in [2.05, 4.69) is 4.74 Å². The van der Waals surface area contributed by atoms with Crippen LogP contribution in [0.1, 0.15) is 5.69 Å². The quantitative estimate of drug-likeness (QED) is 0.921. The molecule has 0 spiro atoms. The number of nitriles is 1. The second-order valence-corrected chi connectivity index (χ2v) is 3.97. The molecule has 1 aromatic heterocycles. The van der Waals surface area contributed by atoms with Crippen LogP contribution in [0, 0.1) is 17.1 Å². The highest BCUT2D eigenvalue weighted by Gasteiger charge is 2.16. The first-order valence-electron chi connectivity index (χ1n) is 5.76. The van der Waals surface area contributed by atoms with Crippen molar-refractivity contribution >= 4 is 17.0 Å². The molecular formula is C13H12FN3O3. The summed E-state index contributed by atoms with van der Waals surface area (Å²) in [6, 6.07) is 6.25. The van der Waals surface area contributed by atoms with Gasteiger partial charge in [-0.1, -0.05) is 0 Å². The van der Waals surface area contributed by atoms with Gasteiger partial charge in [0.05, 0.1) is 19.2 Å². The summed E-state index contributed by atoms with van der Waals surface area (Å²) >= 11 is 0. The Morgan fingerprint density at radius 1 is 1.55 bits per heavy atom. The SMILES string of the molecule is COc1ccc(F)c2c1cc(C#N)n2CCOC(N)=O. The number of hydrogen-bond donors (Lipinski definition) is 1. The van der Waals surface area contributed by atoms with Crippen LogP contribution >= 0.6 is 0 Å². The number of methoxy groups -OCH3 is 1. The number of primary amides is 1. The van der Waals surface area contributed by atoms with E-state index in [0.717, 1.165) is 0 Å². The van der Waals surface area contributed by atoms with Gasteiger partial charge in [-0.15, -0.1) is 0 Å². The summed E-state index contributed by atoms with van der Waals surface area (Å²) < 4.78 is 25.2. The van der Waals surface area contributed by atoms with E-state index in [1.165, 1.54) is 29.9 Å². The van der Waals surface area contributed by atoms with Crippen LogP contribution in [0.15, 0.2) is 18.2 Å². The monoisotopic (exact) mass is 277 g/mol. The number of carbonyl (C=O) groups excluding carboxylic acids is 1. The summed E-state index contributed by atoms with van der Waals surface area (Å²) in [6.45, 7) is 0.0733. The molecule has 0 atom stereocenters. The average Bonchev–Trinajstić information content (AvgIpc) is 2.79. The van der Waals surface area contributed by atoms with Gasteiger partial charge in [-0.25, -0.2) is 9.18 Å². The molecule has 0 fully saturated rings. The van der Waals surface area contributed by atoms with Gasteiger partial charge >= 0.3 is 6.09 Å². The molecule has 104 valence electrons. The second-order valence-electron chi connectivity index (χ2n) is 3.97. The van der Waals surface area contributed by atoms with E-state index in [-0.39, 0.29) is 24.4 Å². The molecule has 6 nitrogen and oxygen atoms in total. The van der Waals surface area contributed by atoms with E-state index in [9.17, 15) is 9.18 Å². The Morgan fingerprint density at radius 3 is 2.90 bits per heavy atom. The van der Waals surface area contributed by atoms with E-state index in [1.54, 1.807) is 0 Å². The Morgan fingerprint density at radius 2 is 2.30 bits per heavy atom. The Balaban J connectivity index is 2.51. The predicted octanol–water partition coefficient (Wildman–Crippen LogP) is 1.76. The molecule has 0 radical (unpaired) electrons. The maximum absolute atomic E-state index is 14.0. The first kappa shape index (κ1) is 13.7. The number of ether oxygens (including phenoxy) is 2. The van der Waals surface area contributed by atoms with E-state index in [0.29, 0.717) is 11.1 Å². The lowest BCUT2D eigenvalue weighted by atomic mass is 10.2. The lowest BCUT2D eigenvalue weighted by molar-refractivity contribution is 0.152. The van der Waals surface area contributed by atoms with Gasteiger partial charge in [0.2, 0.25) is 0 Å². The third-order valence-electron chi connectivity index (χ3n) is 2.86. The second kappa shape index (κ2) is 5.48. The molecular weight excluding hydrogens is 265 g/mol. The molecule has 0 unspecified atom stereocenters. The average molecular weight is 277 g/mol. The minimum atomic E-state index is -0.918. The molecule has 2 aromatic rings. The largest absolute Gasteiger partial charge is 0.496 e. The van der Waals surface area contributed by atoms with Gasteiger partial charge in [-0.3, -0.25) is 0 Å². The molecule has 0 aliphatic carbocycles. The van der Waals surface area contributed by atoms with Crippen LogP contribution in [0.4, 0.5) is 9.18 Å². The topological polar surface area (TPSA) is 90.3 Å². The number of amides is 1. The molecule has 20 heavy (non-hydrogen) atoms. The third-order valence-corrected chi connectivity index (χ3v) is 2.86. The molecule has 0 saturated carbocycles. The molecule has 1 heterocycles. The maximum atomic E-state index is 14.0. The highest BCUT2D eigenvalue weighted by atomic mass is 19.1. The van der Waals surface area contributed by atoms with E-state index in [4.69, 9.17) is 15.7 Å². The molecule has 0 aliphatic rings. The van der Waals surface area contributed by atoms with Crippen molar-refractivity contribution < 1.29 is 18.7 Å². The van der Waals surface area contributed by atoms with Crippen LogP contribution in [0.5, 0.6) is 5.75 Å². The minimum Gasteiger partial charge on any atom is -0.496 e. The lowest BCUT2D eigenvalue weighted by Gasteiger charge is -2.08. The Labute approximate surface area is 114 Å². The molecule has 0 bridgehead atoms.